The Labute approximate surface area is 108 Å². The summed E-state index contributed by atoms with van der Waals surface area (Å²) in [6.07, 6.45) is 0.333. The number of ketones is 1. The van der Waals surface area contributed by atoms with Crippen LogP contribution in [-0.4, -0.2) is 25.0 Å². The van der Waals surface area contributed by atoms with E-state index in [0.29, 0.717) is 36.7 Å². The summed E-state index contributed by atoms with van der Waals surface area (Å²) in [6, 6.07) is 5.10. The number of Topliss-reactive ketones (excluding diaryl/α,β-unsaturated/α-hetero) is 1. The summed E-state index contributed by atoms with van der Waals surface area (Å²) in [6.45, 7) is 6.71. The molecule has 0 aliphatic rings. The maximum absolute atomic E-state index is 11.9. The van der Waals surface area contributed by atoms with Gasteiger partial charge in [0.2, 0.25) is 0 Å². The van der Waals surface area contributed by atoms with Crippen LogP contribution in [0.3, 0.4) is 0 Å². The van der Waals surface area contributed by atoms with E-state index in [-0.39, 0.29) is 11.8 Å². The molecule has 2 N–H and O–H groups in total. The Balaban J connectivity index is 2.94. The summed E-state index contributed by atoms with van der Waals surface area (Å²) in [7, 11) is 0. The van der Waals surface area contributed by atoms with Crippen LogP contribution < -0.4 is 15.2 Å². The van der Waals surface area contributed by atoms with Crippen LogP contribution in [0.1, 0.15) is 37.6 Å². The van der Waals surface area contributed by atoms with Crippen molar-refractivity contribution in [3.8, 4) is 11.5 Å². The largest absolute Gasteiger partial charge is 0.490 e. The summed E-state index contributed by atoms with van der Waals surface area (Å²) >= 11 is 0. The monoisotopic (exact) mass is 251 g/mol. The van der Waals surface area contributed by atoms with Gasteiger partial charge in [0.25, 0.3) is 0 Å². The molecule has 0 bridgehead atoms. The Morgan fingerprint density at radius 2 is 1.83 bits per heavy atom. The van der Waals surface area contributed by atoms with Gasteiger partial charge in [-0.25, -0.2) is 0 Å². The third kappa shape index (κ3) is 4.04. The second-order valence-electron chi connectivity index (χ2n) is 4.13. The molecule has 0 aromatic heterocycles. The first kappa shape index (κ1) is 14.5. The van der Waals surface area contributed by atoms with Crippen LogP contribution in [-0.2, 0) is 0 Å². The van der Waals surface area contributed by atoms with E-state index >= 15 is 0 Å². The molecule has 1 atom stereocenters. The van der Waals surface area contributed by atoms with Crippen LogP contribution in [0, 0.1) is 0 Å². The Bertz CT molecular complexity index is 402. The van der Waals surface area contributed by atoms with Crippen LogP contribution in [0.25, 0.3) is 0 Å². The molecule has 18 heavy (non-hydrogen) atoms. The minimum atomic E-state index is -0.139. The Morgan fingerprint density at radius 3 is 2.39 bits per heavy atom. The lowest BCUT2D eigenvalue weighted by atomic mass is 10.0. The van der Waals surface area contributed by atoms with Gasteiger partial charge in [-0.15, -0.1) is 0 Å². The van der Waals surface area contributed by atoms with Gasteiger partial charge in [-0.1, -0.05) is 0 Å². The van der Waals surface area contributed by atoms with Gasteiger partial charge in [-0.05, 0) is 39.0 Å². The van der Waals surface area contributed by atoms with Gasteiger partial charge >= 0.3 is 0 Å². The maximum atomic E-state index is 11.9. The van der Waals surface area contributed by atoms with Gasteiger partial charge in [0.05, 0.1) is 13.2 Å². The van der Waals surface area contributed by atoms with E-state index in [1.807, 2.05) is 20.8 Å². The number of hydrogen-bond donors (Lipinski definition) is 1. The van der Waals surface area contributed by atoms with E-state index < -0.39 is 0 Å². The van der Waals surface area contributed by atoms with Crippen LogP contribution in [0.4, 0.5) is 0 Å². The minimum absolute atomic E-state index is 0.0222. The van der Waals surface area contributed by atoms with Crippen molar-refractivity contribution in [3.05, 3.63) is 23.8 Å². The first-order chi connectivity index (χ1) is 8.58. The average Bonchev–Trinajstić information content (AvgIpc) is 2.31. The number of carbonyl (C=O) groups excluding carboxylic acids is 1. The fourth-order valence-corrected chi connectivity index (χ4v) is 1.63. The zero-order chi connectivity index (χ0) is 13.5. The van der Waals surface area contributed by atoms with Crippen molar-refractivity contribution in [3.63, 3.8) is 0 Å². The van der Waals surface area contributed by atoms with Gasteiger partial charge < -0.3 is 15.2 Å². The molecule has 0 radical (unpaired) electrons. The zero-order valence-corrected chi connectivity index (χ0v) is 11.2. The third-order valence-corrected chi connectivity index (χ3v) is 2.37. The van der Waals surface area contributed by atoms with Gasteiger partial charge in [0, 0.05) is 18.0 Å². The molecule has 4 nitrogen and oxygen atoms in total. The normalized spacial score (nSPS) is 12.0. The number of ether oxygens (including phenoxy) is 2. The van der Waals surface area contributed by atoms with Crippen LogP contribution in [0.5, 0.6) is 11.5 Å². The molecule has 1 rings (SSSR count). The fourth-order valence-electron chi connectivity index (χ4n) is 1.63. The molecular weight excluding hydrogens is 230 g/mol. The van der Waals surface area contributed by atoms with E-state index in [0.717, 1.165) is 0 Å². The second-order valence-corrected chi connectivity index (χ2v) is 4.13. The molecule has 1 aromatic carbocycles. The maximum Gasteiger partial charge on any atom is 0.164 e. The van der Waals surface area contributed by atoms with Crippen molar-refractivity contribution < 1.29 is 14.3 Å². The van der Waals surface area contributed by atoms with Crippen molar-refractivity contribution in [2.45, 2.75) is 33.2 Å². The summed E-state index contributed by atoms with van der Waals surface area (Å²) in [5, 5.41) is 0. The molecule has 0 aliphatic heterocycles. The van der Waals surface area contributed by atoms with E-state index in [4.69, 9.17) is 15.2 Å². The second kappa shape index (κ2) is 7.01. The number of carbonyl (C=O) groups is 1. The van der Waals surface area contributed by atoms with Crippen LogP contribution >= 0.6 is 0 Å². The first-order valence-corrected chi connectivity index (χ1v) is 6.26. The number of rotatable bonds is 7. The van der Waals surface area contributed by atoms with Crippen molar-refractivity contribution >= 4 is 5.78 Å². The quantitative estimate of drug-likeness (QED) is 0.756. The highest BCUT2D eigenvalue weighted by molar-refractivity contribution is 5.97. The summed E-state index contributed by atoms with van der Waals surface area (Å²) in [5.41, 5.74) is 6.24. The van der Waals surface area contributed by atoms with E-state index in [9.17, 15) is 4.79 Å². The Morgan fingerprint density at radius 1 is 1.22 bits per heavy atom. The number of hydrogen-bond acceptors (Lipinski definition) is 4. The molecule has 100 valence electrons. The molecular formula is C14H21NO3. The molecule has 0 heterocycles. The number of benzene rings is 1. The highest BCUT2D eigenvalue weighted by Gasteiger charge is 2.12. The lowest BCUT2D eigenvalue weighted by Gasteiger charge is -2.12. The summed E-state index contributed by atoms with van der Waals surface area (Å²) in [5.74, 6) is 1.29. The first-order valence-electron chi connectivity index (χ1n) is 6.26. The lowest BCUT2D eigenvalue weighted by molar-refractivity contribution is 0.0976. The van der Waals surface area contributed by atoms with Crippen LogP contribution in [0.15, 0.2) is 18.2 Å². The molecule has 0 amide bonds. The predicted molar refractivity (Wildman–Crippen MR) is 71.4 cm³/mol. The Hall–Kier alpha value is -1.55. The molecule has 0 saturated carbocycles. The Kier molecular flexibility index (Phi) is 5.65. The van der Waals surface area contributed by atoms with E-state index in [1.54, 1.807) is 18.2 Å². The molecule has 1 unspecified atom stereocenters. The molecule has 4 heteroatoms. The standard InChI is InChI=1S/C14H21NO3/c1-4-17-13-7-6-11(9-14(13)18-5-2)12(16)8-10(3)15/h6-7,9-10H,4-5,8,15H2,1-3H3. The fraction of sp³-hybridized carbons (Fsp3) is 0.500. The third-order valence-electron chi connectivity index (χ3n) is 2.37. The van der Waals surface area contributed by atoms with Gasteiger partial charge in [0.1, 0.15) is 0 Å². The predicted octanol–water partition coefficient (Wildman–Crippen LogP) is 2.40. The lowest BCUT2D eigenvalue weighted by Crippen LogP contribution is -2.19. The highest BCUT2D eigenvalue weighted by atomic mass is 16.5. The molecule has 1 aromatic rings. The highest BCUT2D eigenvalue weighted by Crippen LogP contribution is 2.29. The van der Waals surface area contributed by atoms with Crippen molar-refractivity contribution in [2.24, 2.45) is 5.73 Å². The van der Waals surface area contributed by atoms with Crippen molar-refractivity contribution in [1.29, 1.82) is 0 Å². The molecule has 0 aliphatic carbocycles. The van der Waals surface area contributed by atoms with Crippen LogP contribution in [0.2, 0.25) is 0 Å². The molecule has 0 fully saturated rings. The summed E-state index contributed by atoms with van der Waals surface area (Å²) < 4.78 is 10.9. The van der Waals surface area contributed by atoms with Crippen molar-refractivity contribution in [1.82, 2.24) is 0 Å². The molecule has 0 spiro atoms. The summed E-state index contributed by atoms with van der Waals surface area (Å²) in [4.78, 5) is 11.9. The average molecular weight is 251 g/mol. The van der Waals surface area contributed by atoms with E-state index in [2.05, 4.69) is 0 Å². The van der Waals surface area contributed by atoms with E-state index in [1.165, 1.54) is 0 Å². The minimum Gasteiger partial charge on any atom is -0.490 e. The SMILES string of the molecule is CCOc1ccc(C(=O)CC(C)N)cc1OCC. The molecule has 0 saturated heterocycles. The topological polar surface area (TPSA) is 61.5 Å². The smallest absolute Gasteiger partial charge is 0.164 e. The van der Waals surface area contributed by atoms with Crippen molar-refractivity contribution in [2.75, 3.05) is 13.2 Å². The van der Waals surface area contributed by atoms with Gasteiger partial charge in [-0.3, -0.25) is 4.79 Å². The number of nitrogens with two attached hydrogens (primary N) is 1. The van der Waals surface area contributed by atoms with Gasteiger partial charge in [-0.2, -0.15) is 0 Å². The van der Waals surface area contributed by atoms with Gasteiger partial charge in [0.15, 0.2) is 17.3 Å². The zero-order valence-electron chi connectivity index (χ0n) is 11.2.